The van der Waals surface area contributed by atoms with Gasteiger partial charge in [0.05, 0.1) is 5.39 Å². The van der Waals surface area contributed by atoms with Gasteiger partial charge in [0.2, 0.25) is 0 Å². The molecule has 0 aliphatic heterocycles. The molecular weight excluding hydrogens is 199 g/mol. The summed E-state index contributed by atoms with van der Waals surface area (Å²) < 4.78 is 23.5. The number of hydrogen-bond acceptors (Lipinski definition) is 4. The van der Waals surface area contributed by atoms with Gasteiger partial charge in [0.25, 0.3) is 5.88 Å². The van der Waals surface area contributed by atoms with Crippen LogP contribution in [0.15, 0.2) is 16.7 Å². The van der Waals surface area contributed by atoms with Crippen LogP contribution >= 0.6 is 0 Å². The van der Waals surface area contributed by atoms with Gasteiger partial charge in [-0.1, -0.05) is 0 Å². The normalized spacial score (nSPS) is 10.9. The average molecular weight is 210 g/mol. The number of rotatable bonds is 3. The topological polar surface area (TPSA) is 61.3 Å². The van der Waals surface area contributed by atoms with Gasteiger partial charge in [0, 0.05) is 12.1 Å². The maximum absolute atomic E-state index is 13.3. The third kappa shape index (κ3) is 1.66. The summed E-state index contributed by atoms with van der Waals surface area (Å²) in [5.41, 5.74) is 6.29. The molecule has 15 heavy (non-hydrogen) atoms. The van der Waals surface area contributed by atoms with Gasteiger partial charge in [-0.3, -0.25) is 0 Å². The molecule has 0 spiro atoms. The minimum Gasteiger partial charge on any atom is -0.474 e. The molecule has 0 amide bonds. The molecule has 5 heteroatoms. The van der Waals surface area contributed by atoms with E-state index in [1.165, 1.54) is 12.1 Å². The Kier molecular flexibility index (Phi) is 2.55. The first-order valence-corrected chi connectivity index (χ1v) is 4.61. The van der Waals surface area contributed by atoms with Crippen LogP contribution in [0.4, 0.5) is 4.39 Å². The quantitative estimate of drug-likeness (QED) is 0.836. The fraction of sp³-hybridized carbons (Fsp3) is 0.300. The van der Waals surface area contributed by atoms with Crippen molar-refractivity contribution in [3.8, 4) is 5.88 Å². The Hall–Kier alpha value is -1.62. The van der Waals surface area contributed by atoms with Crippen LogP contribution in [-0.4, -0.2) is 18.3 Å². The van der Waals surface area contributed by atoms with E-state index in [4.69, 9.17) is 15.0 Å². The highest BCUT2D eigenvalue weighted by Crippen LogP contribution is 2.29. The second kappa shape index (κ2) is 3.86. The van der Waals surface area contributed by atoms with Crippen LogP contribution in [0.3, 0.4) is 0 Å². The van der Waals surface area contributed by atoms with Gasteiger partial charge < -0.3 is 15.0 Å². The molecular formula is C10H11FN2O2. The molecule has 0 aliphatic carbocycles. The highest BCUT2D eigenvalue weighted by atomic mass is 19.1. The van der Waals surface area contributed by atoms with E-state index in [-0.39, 0.29) is 5.82 Å². The van der Waals surface area contributed by atoms with E-state index in [0.717, 1.165) is 0 Å². The molecule has 1 aromatic carbocycles. The zero-order valence-corrected chi connectivity index (χ0v) is 8.29. The van der Waals surface area contributed by atoms with Crippen LogP contribution in [-0.2, 0) is 0 Å². The fourth-order valence-corrected chi connectivity index (χ4v) is 1.39. The molecule has 80 valence electrons. The predicted octanol–water partition coefficient (Wildman–Crippen LogP) is 1.61. The fourth-order valence-electron chi connectivity index (χ4n) is 1.39. The summed E-state index contributed by atoms with van der Waals surface area (Å²) in [6.45, 7) is 2.37. The molecule has 2 rings (SSSR count). The van der Waals surface area contributed by atoms with E-state index in [2.05, 4.69) is 5.16 Å². The van der Waals surface area contributed by atoms with Crippen molar-refractivity contribution in [1.82, 2.24) is 5.16 Å². The SMILES string of the molecule is Cc1c(F)ccc2onc(OCCN)c12. The van der Waals surface area contributed by atoms with E-state index in [9.17, 15) is 4.39 Å². The first-order chi connectivity index (χ1) is 7.24. The van der Waals surface area contributed by atoms with Gasteiger partial charge in [-0.2, -0.15) is 0 Å². The molecule has 2 N–H and O–H groups in total. The highest BCUT2D eigenvalue weighted by molar-refractivity contribution is 5.85. The molecule has 0 atom stereocenters. The molecule has 1 heterocycles. The second-order valence-corrected chi connectivity index (χ2v) is 3.17. The van der Waals surface area contributed by atoms with Gasteiger partial charge in [0.15, 0.2) is 5.58 Å². The Bertz CT molecular complexity index is 481. The summed E-state index contributed by atoms with van der Waals surface area (Å²) >= 11 is 0. The molecule has 4 nitrogen and oxygen atoms in total. The Morgan fingerprint density at radius 2 is 2.33 bits per heavy atom. The molecule has 0 saturated heterocycles. The maximum atomic E-state index is 13.3. The Morgan fingerprint density at radius 1 is 1.53 bits per heavy atom. The van der Waals surface area contributed by atoms with E-state index >= 15 is 0 Å². The van der Waals surface area contributed by atoms with Crippen LogP contribution in [0.25, 0.3) is 11.0 Å². The van der Waals surface area contributed by atoms with Crippen LogP contribution in [0.1, 0.15) is 5.56 Å². The Balaban J connectivity index is 2.51. The van der Waals surface area contributed by atoms with Crippen molar-refractivity contribution in [3.05, 3.63) is 23.5 Å². The largest absolute Gasteiger partial charge is 0.474 e. The number of aryl methyl sites for hydroxylation is 1. The average Bonchev–Trinajstić information content (AvgIpc) is 2.64. The minimum atomic E-state index is -0.303. The van der Waals surface area contributed by atoms with Crippen molar-refractivity contribution >= 4 is 11.0 Å². The van der Waals surface area contributed by atoms with Crippen molar-refractivity contribution in [2.24, 2.45) is 5.73 Å². The number of hydrogen-bond donors (Lipinski definition) is 1. The summed E-state index contributed by atoms with van der Waals surface area (Å²) in [5, 5.41) is 4.29. The summed E-state index contributed by atoms with van der Waals surface area (Å²) in [4.78, 5) is 0. The molecule has 2 aromatic rings. The Morgan fingerprint density at radius 3 is 3.07 bits per heavy atom. The minimum absolute atomic E-state index is 0.299. The van der Waals surface area contributed by atoms with Crippen molar-refractivity contribution in [3.63, 3.8) is 0 Å². The molecule has 1 aromatic heterocycles. The number of aromatic nitrogens is 1. The number of fused-ring (bicyclic) bond motifs is 1. The van der Waals surface area contributed by atoms with E-state index in [0.29, 0.717) is 35.6 Å². The summed E-state index contributed by atoms with van der Waals surface area (Å²) in [6.07, 6.45) is 0. The van der Waals surface area contributed by atoms with Gasteiger partial charge in [-0.15, -0.1) is 0 Å². The lowest BCUT2D eigenvalue weighted by Crippen LogP contribution is -2.10. The zero-order chi connectivity index (χ0) is 10.8. The smallest absolute Gasteiger partial charge is 0.262 e. The highest BCUT2D eigenvalue weighted by Gasteiger charge is 2.14. The van der Waals surface area contributed by atoms with Crippen molar-refractivity contribution in [2.75, 3.05) is 13.2 Å². The number of nitrogens with two attached hydrogens (primary N) is 1. The summed E-state index contributed by atoms with van der Waals surface area (Å²) in [7, 11) is 0. The van der Waals surface area contributed by atoms with Crippen molar-refractivity contribution in [1.29, 1.82) is 0 Å². The first kappa shape index (κ1) is 9.92. The van der Waals surface area contributed by atoms with Crippen molar-refractivity contribution < 1.29 is 13.7 Å². The lowest BCUT2D eigenvalue weighted by atomic mass is 10.1. The zero-order valence-electron chi connectivity index (χ0n) is 8.29. The molecule has 0 saturated carbocycles. The number of ether oxygens (including phenoxy) is 1. The first-order valence-electron chi connectivity index (χ1n) is 4.61. The third-order valence-electron chi connectivity index (χ3n) is 2.16. The van der Waals surface area contributed by atoms with Crippen LogP contribution in [0, 0.1) is 12.7 Å². The molecule has 0 aliphatic rings. The third-order valence-corrected chi connectivity index (χ3v) is 2.16. The van der Waals surface area contributed by atoms with E-state index in [1.807, 2.05) is 0 Å². The van der Waals surface area contributed by atoms with Crippen LogP contribution < -0.4 is 10.5 Å². The second-order valence-electron chi connectivity index (χ2n) is 3.17. The summed E-state index contributed by atoms with van der Waals surface area (Å²) in [5.74, 6) is -0.00394. The van der Waals surface area contributed by atoms with Gasteiger partial charge in [0.1, 0.15) is 12.4 Å². The lowest BCUT2D eigenvalue weighted by molar-refractivity contribution is 0.293. The number of halogens is 1. The van der Waals surface area contributed by atoms with E-state index in [1.54, 1.807) is 6.92 Å². The standard InChI is InChI=1S/C10H11FN2O2/c1-6-7(11)2-3-8-9(6)10(13-15-8)14-5-4-12/h2-3H,4-5,12H2,1H3. The van der Waals surface area contributed by atoms with Gasteiger partial charge in [-0.25, -0.2) is 4.39 Å². The molecule has 0 fully saturated rings. The predicted molar refractivity (Wildman–Crippen MR) is 53.3 cm³/mol. The van der Waals surface area contributed by atoms with Crippen molar-refractivity contribution in [2.45, 2.75) is 6.92 Å². The molecule has 0 radical (unpaired) electrons. The van der Waals surface area contributed by atoms with Gasteiger partial charge in [-0.05, 0) is 24.2 Å². The number of benzene rings is 1. The summed E-state index contributed by atoms with van der Waals surface area (Å²) in [6, 6.07) is 2.87. The molecule has 0 bridgehead atoms. The van der Waals surface area contributed by atoms with Crippen LogP contribution in [0.2, 0.25) is 0 Å². The van der Waals surface area contributed by atoms with Gasteiger partial charge >= 0.3 is 0 Å². The monoisotopic (exact) mass is 210 g/mol. The lowest BCUT2D eigenvalue weighted by Gasteiger charge is -2.01. The maximum Gasteiger partial charge on any atom is 0.262 e. The van der Waals surface area contributed by atoms with Crippen LogP contribution in [0.5, 0.6) is 5.88 Å². The molecule has 0 unspecified atom stereocenters. The number of nitrogens with zero attached hydrogens (tertiary/aromatic N) is 1. The van der Waals surface area contributed by atoms with E-state index < -0.39 is 0 Å². The Labute approximate surface area is 85.8 Å².